The van der Waals surface area contributed by atoms with E-state index in [0.29, 0.717) is 16.8 Å². The van der Waals surface area contributed by atoms with Crippen molar-refractivity contribution in [1.82, 2.24) is 0 Å². The van der Waals surface area contributed by atoms with Crippen LogP contribution in [-0.2, 0) is 15.0 Å². The smallest absolute Gasteiger partial charge is 0.240 e. The molecule has 5 rings (SSSR count). The van der Waals surface area contributed by atoms with Gasteiger partial charge in [-0.3, -0.25) is 19.7 Å². The molecule has 0 saturated heterocycles. The minimum Gasteiger partial charge on any atom is -0.314 e. The number of benzene rings is 2. The number of nitriles is 2. The molecule has 1 heterocycles. The van der Waals surface area contributed by atoms with Crippen LogP contribution in [0.25, 0.3) is 0 Å². The molecule has 2 saturated carbocycles. The van der Waals surface area contributed by atoms with Crippen molar-refractivity contribution in [3.8, 4) is 12.1 Å². The molecule has 0 radical (unpaired) electrons. The van der Waals surface area contributed by atoms with Gasteiger partial charge in [-0.2, -0.15) is 10.5 Å². The lowest BCUT2D eigenvalue weighted by Crippen LogP contribution is -2.67. The largest absolute Gasteiger partial charge is 0.314 e. The Morgan fingerprint density at radius 1 is 1.03 bits per heavy atom. The number of likely N-dealkylation sites (N-methyl/N-ethyl adjacent to an activating group) is 1. The standard InChI is InChI=1S/C25H20N4O4/c1-28-18-10-6-5-9-17(18)25(23(28)31)21-16(11-12-19(21)30)22(29(32)33)20(24(25,13-26)14-27)15-7-3-2-4-8-15/h2-10,16,20-22H,11-12H2,1H3/t16-,20+,21-,22-,25-/m1/s1. The quantitative estimate of drug-likeness (QED) is 0.522. The van der Waals surface area contributed by atoms with Crippen molar-refractivity contribution in [2.75, 3.05) is 11.9 Å². The Bertz CT molecular complexity index is 1260. The van der Waals surface area contributed by atoms with Gasteiger partial charge in [-0.25, -0.2) is 0 Å². The average molecular weight is 440 g/mol. The second kappa shape index (κ2) is 6.98. The Balaban J connectivity index is 1.95. The van der Waals surface area contributed by atoms with Crippen molar-refractivity contribution < 1.29 is 14.5 Å². The number of Topliss-reactive ketones (excluding diaryl/α,β-unsaturated/α-hetero) is 1. The van der Waals surface area contributed by atoms with E-state index in [9.17, 15) is 30.2 Å². The third kappa shape index (κ3) is 2.28. The second-order valence-corrected chi connectivity index (χ2v) is 9.03. The first kappa shape index (κ1) is 20.8. The molecule has 2 fully saturated rings. The van der Waals surface area contributed by atoms with Gasteiger partial charge in [0.1, 0.15) is 11.2 Å². The first-order valence-corrected chi connectivity index (χ1v) is 10.8. The van der Waals surface area contributed by atoms with Crippen molar-refractivity contribution in [2.45, 2.75) is 30.2 Å². The molecule has 0 aromatic heterocycles. The molecular formula is C25H20N4O4. The van der Waals surface area contributed by atoms with E-state index in [1.54, 1.807) is 61.6 Å². The summed E-state index contributed by atoms with van der Waals surface area (Å²) in [6.07, 6.45) is 0.321. The Morgan fingerprint density at radius 2 is 1.67 bits per heavy atom. The zero-order valence-corrected chi connectivity index (χ0v) is 17.8. The number of ketones is 1. The summed E-state index contributed by atoms with van der Waals surface area (Å²) >= 11 is 0. The second-order valence-electron chi connectivity index (χ2n) is 9.03. The predicted molar refractivity (Wildman–Crippen MR) is 116 cm³/mol. The number of hydrogen-bond donors (Lipinski definition) is 0. The summed E-state index contributed by atoms with van der Waals surface area (Å²) in [5.41, 5.74) is -2.60. The number of nitro groups is 1. The van der Waals surface area contributed by atoms with Gasteiger partial charge in [0.2, 0.25) is 11.9 Å². The average Bonchev–Trinajstić information content (AvgIpc) is 3.32. The van der Waals surface area contributed by atoms with E-state index < -0.39 is 45.5 Å². The number of nitrogens with zero attached hydrogens (tertiary/aromatic N) is 4. The first-order chi connectivity index (χ1) is 15.9. The van der Waals surface area contributed by atoms with Crippen LogP contribution in [0.2, 0.25) is 0 Å². The molecule has 2 aromatic rings. The minimum atomic E-state index is -2.16. The zero-order chi connectivity index (χ0) is 23.5. The van der Waals surface area contributed by atoms with Gasteiger partial charge in [0.15, 0.2) is 5.41 Å². The highest BCUT2D eigenvalue weighted by atomic mass is 16.6. The van der Waals surface area contributed by atoms with E-state index in [4.69, 9.17) is 0 Å². The molecule has 8 heteroatoms. The zero-order valence-electron chi connectivity index (χ0n) is 17.8. The lowest BCUT2D eigenvalue weighted by molar-refractivity contribution is -0.544. The highest BCUT2D eigenvalue weighted by molar-refractivity contribution is 6.12. The number of amides is 1. The van der Waals surface area contributed by atoms with E-state index >= 15 is 0 Å². The third-order valence-electron chi connectivity index (χ3n) is 7.92. The number of rotatable bonds is 2. The van der Waals surface area contributed by atoms with Crippen LogP contribution in [0.5, 0.6) is 0 Å². The molecule has 2 aliphatic carbocycles. The molecule has 164 valence electrons. The number of carbonyl (C=O) groups excluding carboxylic acids is 2. The van der Waals surface area contributed by atoms with Gasteiger partial charge < -0.3 is 4.90 Å². The molecule has 33 heavy (non-hydrogen) atoms. The molecule has 3 aliphatic rings. The van der Waals surface area contributed by atoms with E-state index in [0.717, 1.165) is 0 Å². The van der Waals surface area contributed by atoms with Crippen molar-refractivity contribution in [2.24, 2.45) is 17.3 Å². The first-order valence-electron chi connectivity index (χ1n) is 10.8. The number of anilines is 1. The number of fused-ring (bicyclic) bond motifs is 4. The number of hydrogen-bond acceptors (Lipinski definition) is 6. The van der Waals surface area contributed by atoms with Crippen LogP contribution in [-0.4, -0.2) is 29.7 Å². The molecule has 0 bridgehead atoms. The molecule has 0 N–H and O–H groups in total. The van der Waals surface area contributed by atoms with E-state index in [-0.39, 0.29) is 18.6 Å². The SMILES string of the molecule is CN1C(=O)[C@@]2(c3ccccc31)[C@H]1C(=O)CC[C@H]1[C@@H]([N+](=O)[O-])[C@H](c1ccccc1)C2(C#N)C#N. The molecule has 0 unspecified atom stereocenters. The maximum Gasteiger partial charge on any atom is 0.240 e. The van der Waals surface area contributed by atoms with Crippen molar-refractivity contribution >= 4 is 17.4 Å². The topological polar surface area (TPSA) is 128 Å². The minimum absolute atomic E-state index is 0.0784. The van der Waals surface area contributed by atoms with Crippen LogP contribution < -0.4 is 4.90 Å². The van der Waals surface area contributed by atoms with Gasteiger partial charge in [-0.1, -0.05) is 48.5 Å². The monoisotopic (exact) mass is 440 g/mol. The Morgan fingerprint density at radius 3 is 2.30 bits per heavy atom. The third-order valence-corrected chi connectivity index (χ3v) is 7.92. The molecule has 1 spiro atoms. The molecule has 1 aliphatic heterocycles. The number of carbonyl (C=O) groups is 2. The fraction of sp³-hybridized carbons (Fsp3) is 0.360. The highest BCUT2D eigenvalue weighted by Gasteiger charge is 2.80. The molecule has 5 atom stereocenters. The maximum atomic E-state index is 14.1. The lowest BCUT2D eigenvalue weighted by atomic mass is 9.42. The highest BCUT2D eigenvalue weighted by Crippen LogP contribution is 2.68. The molecule has 1 amide bonds. The van der Waals surface area contributed by atoms with Gasteiger partial charge in [-0.15, -0.1) is 0 Å². The van der Waals surface area contributed by atoms with Crippen LogP contribution in [0, 0.1) is 50.0 Å². The summed E-state index contributed by atoms with van der Waals surface area (Å²) in [6, 6.07) is 18.1. The van der Waals surface area contributed by atoms with Gasteiger partial charge in [0.25, 0.3) is 0 Å². The maximum absolute atomic E-state index is 14.1. The summed E-state index contributed by atoms with van der Waals surface area (Å²) in [5.74, 6) is -3.91. The van der Waals surface area contributed by atoms with Gasteiger partial charge in [0.05, 0.1) is 18.1 Å². The Labute approximate surface area is 190 Å². The summed E-state index contributed by atoms with van der Waals surface area (Å²) in [7, 11) is 1.56. The van der Waals surface area contributed by atoms with Crippen LogP contribution in [0.15, 0.2) is 54.6 Å². The van der Waals surface area contributed by atoms with Crippen LogP contribution in [0.1, 0.15) is 29.9 Å². The van der Waals surface area contributed by atoms with E-state index in [1.165, 1.54) is 4.90 Å². The fourth-order valence-corrected chi connectivity index (χ4v) is 6.79. The summed E-state index contributed by atoms with van der Waals surface area (Å²) in [5, 5.41) is 33.8. The van der Waals surface area contributed by atoms with Crippen molar-refractivity contribution in [1.29, 1.82) is 10.5 Å². The van der Waals surface area contributed by atoms with Gasteiger partial charge in [0, 0.05) is 35.9 Å². The molecular weight excluding hydrogens is 420 g/mol. The van der Waals surface area contributed by atoms with Crippen molar-refractivity contribution in [3.05, 3.63) is 75.8 Å². The van der Waals surface area contributed by atoms with E-state index in [1.807, 2.05) is 0 Å². The van der Waals surface area contributed by atoms with Crippen LogP contribution >= 0.6 is 0 Å². The normalized spacial score (nSPS) is 31.5. The van der Waals surface area contributed by atoms with Gasteiger partial charge >= 0.3 is 0 Å². The van der Waals surface area contributed by atoms with Crippen LogP contribution in [0.3, 0.4) is 0 Å². The fourth-order valence-electron chi connectivity index (χ4n) is 6.79. The summed E-state index contributed by atoms with van der Waals surface area (Å²) < 4.78 is 0. The van der Waals surface area contributed by atoms with Crippen molar-refractivity contribution in [3.63, 3.8) is 0 Å². The lowest BCUT2D eigenvalue weighted by Gasteiger charge is -2.52. The summed E-state index contributed by atoms with van der Waals surface area (Å²) in [4.78, 5) is 40.9. The Hall–Kier alpha value is -4.04. The molecule has 2 aromatic carbocycles. The number of para-hydroxylation sites is 1. The van der Waals surface area contributed by atoms with E-state index in [2.05, 4.69) is 12.1 Å². The van der Waals surface area contributed by atoms with Crippen LogP contribution in [0.4, 0.5) is 5.69 Å². The van der Waals surface area contributed by atoms with Gasteiger partial charge in [-0.05, 0) is 23.6 Å². The Kier molecular flexibility index (Phi) is 4.41. The summed E-state index contributed by atoms with van der Waals surface area (Å²) in [6.45, 7) is 0. The molecule has 8 nitrogen and oxygen atoms in total. The predicted octanol–water partition coefficient (Wildman–Crippen LogP) is 2.97.